The zero-order chi connectivity index (χ0) is 13.6. The summed E-state index contributed by atoms with van der Waals surface area (Å²) in [6.07, 6.45) is 7.14. The molecule has 0 atom stereocenters. The molecule has 0 saturated heterocycles. The van der Waals surface area contributed by atoms with E-state index in [9.17, 15) is 9.59 Å². The van der Waals surface area contributed by atoms with Crippen LogP contribution in [0.1, 0.15) is 40.5 Å². The van der Waals surface area contributed by atoms with Gasteiger partial charge < -0.3 is 0 Å². The summed E-state index contributed by atoms with van der Waals surface area (Å²) < 4.78 is 0. The monoisotopic (exact) mass is 244 g/mol. The highest BCUT2D eigenvalue weighted by molar-refractivity contribution is 7.79. The number of ketones is 2. The maximum atomic E-state index is 10.6. The van der Waals surface area contributed by atoms with Crippen LogP contribution >= 0.6 is 12.6 Å². The van der Waals surface area contributed by atoms with Crippen molar-refractivity contribution >= 4 is 24.2 Å². The largest absolute Gasteiger partial charge is 0.291 e. The van der Waals surface area contributed by atoms with Crippen LogP contribution in [-0.2, 0) is 9.59 Å². The van der Waals surface area contributed by atoms with Crippen LogP contribution in [0.5, 0.6) is 0 Å². The van der Waals surface area contributed by atoms with Crippen LogP contribution in [0, 0.1) is 0 Å². The third-order valence-electron chi connectivity index (χ3n) is 1.53. The summed E-state index contributed by atoms with van der Waals surface area (Å²) >= 11 is 3.53. The van der Waals surface area contributed by atoms with Crippen LogP contribution in [0.25, 0.3) is 0 Å². The molecule has 0 aromatic carbocycles. The number of allylic oxidation sites excluding steroid dienone is 3. The molecule has 0 aliphatic heterocycles. The van der Waals surface area contributed by atoms with E-state index in [4.69, 9.17) is 0 Å². The zero-order valence-electron chi connectivity index (χ0n) is 11.0. The van der Waals surface area contributed by atoms with E-state index in [0.29, 0.717) is 5.57 Å². The molecular formula is C13H24O2S. The SMILES string of the molecule is C=C/C(C)=C\C(=O)C(C)=O.CCCC.CS. The molecule has 0 aromatic rings. The summed E-state index contributed by atoms with van der Waals surface area (Å²) in [6, 6.07) is 0. The lowest BCUT2D eigenvalue weighted by molar-refractivity contribution is -0.132. The molecule has 0 rings (SSSR count). The van der Waals surface area contributed by atoms with Crippen LogP contribution in [0.3, 0.4) is 0 Å². The fraction of sp³-hybridized carbons (Fsp3) is 0.538. The van der Waals surface area contributed by atoms with E-state index < -0.39 is 11.6 Å². The van der Waals surface area contributed by atoms with Crippen molar-refractivity contribution in [2.45, 2.75) is 40.5 Å². The Morgan fingerprint density at radius 1 is 1.12 bits per heavy atom. The molecule has 3 heteroatoms. The minimum atomic E-state index is -0.475. The summed E-state index contributed by atoms with van der Waals surface area (Å²) in [4.78, 5) is 21.0. The molecular weight excluding hydrogens is 220 g/mol. The van der Waals surface area contributed by atoms with E-state index in [1.165, 1.54) is 31.9 Å². The third-order valence-corrected chi connectivity index (χ3v) is 1.53. The molecule has 0 unspecified atom stereocenters. The number of carbonyl (C=O) groups excluding carboxylic acids is 2. The van der Waals surface area contributed by atoms with Crippen molar-refractivity contribution < 1.29 is 9.59 Å². The van der Waals surface area contributed by atoms with E-state index in [0.717, 1.165) is 0 Å². The molecule has 16 heavy (non-hydrogen) atoms. The molecule has 0 radical (unpaired) electrons. The van der Waals surface area contributed by atoms with Crippen LogP contribution < -0.4 is 0 Å². The maximum Gasteiger partial charge on any atom is 0.221 e. The summed E-state index contributed by atoms with van der Waals surface area (Å²) in [7, 11) is 0. The minimum Gasteiger partial charge on any atom is -0.291 e. The Morgan fingerprint density at radius 3 is 1.69 bits per heavy atom. The Labute approximate surface area is 105 Å². The number of unbranched alkanes of at least 4 members (excludes halogenated alkanes) is 1. The van der Waals surface area contributed by atoms with Gasteiger partial charge in [0.1, 0.15) is 0 Å². The highest BCUT2D eigenvalue weighted by Crippen LogP contribution is 1.92. The quantitative estimate of drug-likeness (QED) is 0.355. The number of thiol groups is 1. The van der Waals surface area contributed by atoms with Gasteiger partial charge in [-0.1, -0.05) is 39.3 Å². The lowest BCUT2D eigenvalue weighted by atomic mass is 10.2. The van der Waals surface area contributed by atoms with Gasteiger partial charge in [-0.05, 0) is 24.8 Å². The van der Waals surface area contributed by atoms with Gasteiger partial charge in [-0.15, -0.1) is 0 Å². The molecule has 0 aliphatic carbocycles. The van der Waals surface area contributed by atoms with Crippen LogP contribution in [0.15, 0.2) is 24.3 Å². The van der Waals surface area contributed by atoms with Gasteiger partial charge in [-0.25, -0.2) is 0 Å². The maximum absolute atomic E-state index is 10.6. The third kappa shape index (κ3) is 18.9. The molecule has 0 fully saturated rings. The smallest absolute Gasteiger partial charge is 0.221 e. The van der Waals surface area contributed by atoms with Crippen molar-refractivity contribution in [2.24, 2.45) is 0 Å². The molecule has 0 aliphatic rings. The van der Waals surface area contributed by atoms with Gasteiger partial charge in [-0.2, -0.15) is 12.6 Å². The first-order valence-electron chi connectivity index (χ1n) is 5.29. The summed E-state index contributed by atoms with van der Waals surface area (Å²) in [5.41, 5.74) is 0.709. The van der Waals surface area contributed by atoms with Gasteiger partial charge >= 0.3 is 0 Å². The molecule has 0 spiro atoms. The van der Waals surface area contributed by atoms with Crippen molar-refractivity contribution in [3.8, 4) is 0 Å². The van der Waals surface area contributed by atoms with Crippen molar-refractivity contribution in [3.63, 3.8) is 0 Å². The molecule has 0 saturated carbocycles. The summed E-state index contributed by atoms with van der Waals surface area (Å²) in [5.74, 6) is -0.918. The molecule has 0 N–H and O–H groups in total. The predicted octanol–water partition coefficient (Wildman–Crippen LogP) is 3.63. The normalized spacial score (nSPS) is 9.00. The highest BCUT2D eigenvalue weighted by Gasteiger charge is 2.01. The van der Waals surface area contributed by atoms with Crippen LogP contribution in [0.2, 0.25) is 0 Å². The van der Waals surface area contributed by atoms with Crippen molar-refractivity contribution in [3.05, 3.63) is 24.3 Å². The number of carbonyl (C=O) groups is 2. The van der Waals surface area contributed by atoms with Gasteiger partial charge in [0.15, 0.2) is 5.78 Å². The van der Waals surface area contributed by atoms with E-state index in [2.05, 4.69) is 33.1 Å². The van der Waals surface area contributed by atoms with Gasteiger partial charge in [0.05, 0.1) is 0 Å². The molecule has 0 aromatic heterocycles. The van der Waals surface area contributed by atoms with E-state index in [1.807, 2.05) is 0 Å². The summed E-state index contributed by atoms with van der Waals surface area (Å²) in [6.45, 7) is 10.8. The van der Waals surface area contributed by atoms with E-state index >= 15 is 0 Å². The lowest BCUT2D eigenvalue weighted by Crippen LogP contribution is -2.05. The molecule has 94 valence electrons. The van der Waals surface area contributed by atoms with Crippen molar-refractivity contribution in [2.75, 3.05) is 6.26 Å². The van der Waals surface area contributed by atoms with Crippen LogP contribution in [0.4, 0.5) is 0 Å². The number of rotatable bonds is 4. The molecule has 0 heterocycles. The highest BCUT2D eigenvalue weighted by atomic mass is 32.1. The van der Waals surface area contributed by atoms with Crippen molar-refractivity contribution in [1.82, 2.24) is 0 Å². The second-order valence-corrected chi connectivity index (χ2v) is 3.01. The Hall–Kier alpha value is -0.830. The second-order valence-electron chi connectivity index (χ2n) is 3.01. The predicted molar refractivity (Wildman–Crippen MR) is 75.1 cm³/mol. The summed E-state index contributed by atoms with van der Waals surface area (Å²) in [5, 5.41) is 0. The Morgan fingerprint density at radius 2 is 1.50 bits per heavy atom. The first kappa shape index (κ1) is 20.6. The fourth-order valence-electron chi connectivity index (χ4n) is 0.367. The molecule has 2 nitrogen and oxygen atoms in total. The Kier molecular flexibility index (Phi) is 21.3. The van der Waals surface area contributed by atoms with Gasteiger partial charge in [0, 0.05) is 6.92 Å². The van der Waals surface area contributed by atoms with Gasteiger partial charge in [0.2, 0.25) is 5.78 Å². The fourth-order valence-corrected chi connectivity index (χ4v) is 0.367. The Balaban J connectivity index is -0.000000237. The number of hydrogen-bond acceptors (Lipinski definition) is 3. The van der Waals surface area contributed by atoms with Gasteiger partial charge in [0.25, 0.3) is 0 Å². The molecule has 0 amide bonds. The van der Waals surface area contributed by atoms with Crippen molar-refractivity contribution in [1.29, 1.82) is 0 Å². The Bertz CT molecular complexity index is 228. The number of Topliss-reactive ketones (excluding diaryl/α,β-unsaturated/α-hetero) is 1. The average Bonchev–Trinajstić information content (AvgIpc) is 2.31. The lowest BCUT2D eigenvalue weighted by Gasteiger charge is -1.87. The topological polar surface area (TPSA) is 34.1 Å². The average molecular weight is 244 g/mol. The van der Waals surface area contributed by atoms with E-state index in [-0.39, 0.29) is 0 Å². The van der Waals surface area contributed by atoms with Gasteiger partial charge in [-0.3, -0.25) is 9.59 Å². The molecule has 0 bridgehead atoms. The standard InChI is InChI=1S/C8H10O2.C4H10.CH4S/c1-4-6(2)5-8(10)7(3)9;1-3-4-2;1-2/h4-5H,1H2,2-3H3;3-4H2,1-2H3;2H,1H3/b6-5-;;. The first-order chi connectivity index (χ1) is 7.49. The first-order valence-corrected chi connectivity index (χ1v) is 6.19. The van der Waals surface area contributed by atoms with Crippen LogP contribution in [-0.4, -0.2) is 17.8 Å². The van der Waals surface area contributed by atoms with E-state index in [1.54, 1.807) is 13.2 Å². The second kappa shape index (κ2) is 16.6. The minimum absolute atomic E-state index is 0.443. The zero-order valence-corrected chi connectivity index (χ0v) is 11.9. The number of hydrogen-bond donors (Lipinski definition) is 1.